The van der Waals surface area contributed by atoms with Crippen LogP contribution in [0.25, 0.3) is 0 Å². The average Bonchev–Trinajstić information content (AvgIpc) is 2.48. The number of nitrogens with two attached hydrogens (primary N) is 1. The number of benzene rings is 1. The predicted molar refractivity (Wildman–Crippen MR) is 84.7 cm³/mol. The highest BCUT2D eigenvalue weighted by molar-refractivity contribution is 6.30. The van der Waals surface area contributed by atoms with Crippen molar-refractivity contribution in [3.63, 3.8) is 0 Å². The van der Waals surface area contributed by atoms with E-state index in [-0.39, 0.29) is 12.5 Å². The molecule has 1 saturated carbocycles. The van der Waals surface area contributed by atoms with E-state index in [4.69, 9.17) is 22.1 Å². The third kappa shape index (κ3) is 5.21. The fraction of sp³-hybridized carbons (Fsp3) is 0.562. The van der Waals surface area contributed by atoms with E-state index in [1.807, 2.05) is 6.07 Å². The lowest BCUT2D eigenvalue weighted by atomic mass is 9.95. The van der Waals surface area contributed by atoms with E-state index < -0.39 is 0 Å². The number of ether oxygens (including phenoxy) is 1. The lowest BCUT2D eigenvalue weighted by molar-refractivity contribution is -0.124. The zero-order chi connectivity index (χ0) is 15.1. The molecule has 0 bridgehead atoms. The number of carbonyl (C=O) groups is 1. The molecule has 1 aromatic rings. The Morgan fingerprint density at radius 3 is 2.81 bits per heavy atom. The predicted octanol–water partition coefficient (Wildman–Crippen LogP) is 2.67. The first-order chi connectivity index (χ1) is 10.2. The molecular weight excluding hydrogens is 288 g/mol. The van der Waals surface area contributed by atoms with Crippen molar-refractivity contribution in [1.82, 2.24) is 5.32 Å². The van der Waals surface area contributed by atoms with E-state index in [2.05, 4.69) is 5.32 Å². The van der Waals surface area contributed by atoms with Crippen molar-refractivity contribution in [3.05, 3.63) is 28.8 Å². The smallest absolute Gasteiger partial charge is 0.258 e. The van der Waals surface area contributed by atoms with Crippen LogP contribution >= 0.6 is 11.6 Å². The minimum absolute atomic E-state index is 0.0374. The van der Waals surface area contributed by atoms with Gasteiger partial charge in [0.15, 0.2) is 6.61 Å². The van der Waals surface area contributed by atoms with Gasteiger partial charge >= 0.3 is 0 Å². The summed E-state index contributed by atoms with van der Waals surface area (Å²) in [6.45, 7) is 0.556. The quantitative estimate of drug-likeness (QED) is 0.849. The third-order valence-electron chi connectivity index (χ3n) is 3.77. The number of rotatable bonds is 6. The van der Waals surface area contributed by atoms with Crippen LogP contribution in [0, 0.1) is 0 Å². The molecule has 2 rings (SSSR count). The molecule has 0 radical (unpaired) electrons. The number of hydrogen-bond acceptors (Lipinski definition) is 3. The summed E-state index contributed by atoms with van der Waals surface area (Å²) in [5.41, 5.74) is 6.52. The summed E-state index contributed by atoms with van der Waals surface area (Å²) in [6, 6.07) is 5.70. The highest BCUT2D eigenvalue weighted by atomic mass is 35.5. The Hall–Kier alpha value is -1.26. The molecule has 1 aliphatic carbocycles. The molecule has 4 nitrogen and oxygen atoms in total. The van der Waals surface area contributed by atoms with E-state index in [1.54, 1.807) is 12.1 Å². The maximum Gasteiger partial charge on any atom is 0.258 e. The highest BCUT2D eigenvalue weighted by Gasteiger charge is 2.16. The fourth-order valence-corrected chi connectivity index (χ4v) is 2.89. The van der Waals surface area contributed by atoms with Gasteiger partial charge in [0.25, 0.3) is 5.91 Å². The van der Waals surface area contributed by atoms with Gasteiger partial charge in [0, 0.05) is 11.1 Å². The summed E-state index contributed by atoms with van der Waals surface area (Å²) in [6.07, 6.45) is 6.50. The first-order valence-corrected chi connectivity index (χ1v) is 7.97. The SMILES string of the molecule is NCCc1cc(Cl)ccc1OCC(=O)NC1CCCCC1. The van der Waals surface area contributed by atoms with Gasteiger partial charge in [0.2, 0.25) is 0 Å². The number of hydrogen-bond donors (Lipinski definition) is 2. The molecule has 1 aromatic carbocycles. The minimum atomic E-state index is -0.0597. The van der Waals surface area contributed by atoms with Gasteiger partial charge in [-0.3, -0.25) is 4.79 Å². The Bertz CT molecular complexity index is 473. The van der Waals surface area contributed by atoms with Gasteiger partial charge in [0.1, 0.15) is 5.75 Å². The van der Waals surface area contributed by atoms with E-state index in [0.717, 1.165) is 18.4 Å². The maximum absolute atomic E-state index is 11.9. The Labute approximate surface area is 131 Å². The first kappa shape index (κ1) is 16.1. The van der Waals surface area contributed by atoms with Crippen LogP contribution in [-0.4, -0.2) is 25.1 Å². The Morgan fingerprint density at radius 1 is 1.33 bits per heavy atom. The van der Waals surface area contributed by atoms with Gasteiger partial charge in [-0.25, -0.2) is 0 Å². The third-order valence-corrected chi connectivity index (χ3v) is 4.00. The van der Waals surface area contributed by atoms with Crippen molar-refractivity contribution < 1.29 is 9.53 Å². The van der Waals surface area contributed by atoms with Gasteiger partial charge in [-0.2, -0.15) is 0 Å². The van der Waals surface area contributed by atoms with Crippen LogP contribution in [0.4, 0.5) is 0 Å². The van der Waals surface area contributed by atoms with Crippen molar-refractivity contribution in [2.75, 3.05) is 13.2 Å². The van der Waals surface area contributed by atoms with Crippen molar-refractivity contribution >= 4 is 17.5 Å². The van der Waals surface area contributed by atoms with Gasteiger partial charge < -0.3 is 15.8 Å². The molecule has 3 N–H and O–H groups in total. The van der Waals surface area contributed by atoms with Gasteiger partial charge in [0.05, 0.1) is 0 Å². The molecule has 0 unspecified atom stereocenters. The summed E-state index contributed by atoms with van der Waals surface area (Å²) in [5, 5.41) is 3.69. The topological polar surface area (TPSA) is 64.3 Å². The maximum atomic E-state index is 11.9. The molecule has 0 heterocycles. The van der Waals surface area contributed by atoms with Crippen LogP contribution in [0.1, 0.15) is 37.7 Å². The Balaban J connectivity index is 1.85. The van der Waals surface area contributed by atoms with E-state index >= 15 is 0 Å². The summed E-state index contributed by atoms with van der Waals surface area (Å²) in [7, 11) is 0. The normalized spacial score (nSPS) is 15.7. The first-order valence-electron chi connectivity index (χ1n) is 7.59. The molecule has 1 aliphatic rings. The second-order valence-corrected chi connectivity index (χ2v) is 5.92. The molecule has 5 heteroatoms. The molecule has 0 aliphatic heterocycles. The second kappa shape index (κ2) is 8.25. The lowest BCUT2D eigenvalue weighted by Crippen LogP contribution is -2.39. The summed E-state index contributed by atoms with van der Waals surface area (Å²) >= 11 is 5.97. The number of amides is 1. The molecule has 0 spiro atoms. The van der Waals surface area contributed by atoms with Crippen LogP contribution in [0.15, 0.2) is 18.2 Å². The van der Waals surface area contributed by atoms with Crippen molar-refractivity contribution in [1.29, 1.82) is 0 Å². The van der Waals surface area contributed by atoms with E-state index in [1.165, 1.54) is 19.3 Å². The average molecular weight is 311 g/mol. The standard InChI is InChI=1S/C16H23ClN2O2/c17-13-6-7-15(12(10-13)8-9-18)21-11-16(20)19-14-4-2-1-3-5-14/h6-7,10,14H,1-5,8-9,11,18H2,(H,19,20). The highest BCUT2D eigenvalue weighted by Crippen LogP contribution is 2.23. The Kier molecular flexibility index (Phi) is 6.33. The van der Waals surface area contributed by atoms with Crippen LogP contribution in [0.3, 0.4) is 0 Å². The Morgan fingerprint density at radius 2 is 2.10 bits per heavy atom. The van der Waals surface area contributed by atoms with E-state index in [9.17, 15) is 4.79 Å². The number of nitrogens with one attached hydrogen (secondary N) is 1. The molecular formula is C16H23ClN2O2. The van der Waals surface area contributed by atoms with Crippen LogP contribution < -0.4 is 15.8 Å². The van der Waals surface area contributed by atoms with Crippen molar-refractivity contribution in [2.24, 2.45) is 5.73 Å². The van der Waals surface area contributed by atoms with Gasteiger partial charge in [-0.05, 0) is 49.6 Å². The molecule has 1 fully saturated rings. The molecule has 21 heavy (non-hydrogen) atoms. The van der Waals surface area contributed by atoms with Crippen molar-refractivity contribution in [2.45, 2.75) is 44.6 Å². The van der Waals surface area contributed by atoms with Crippen LogP contribution in [0.5, 0.6) is 5.75 Å². The molecule has 1 amide bonds. The minimum Gasteiger partial charge on any atom is -0.483 e. The summed E-state index contributed by atoms with van der Waals surface area (Å²) in [4.78, 5) is 11.9. The second-order valence-electron chi connectivity index (χ2n) is 5.48. The van der Waals surface area contributed by atoms with Crippen molar-refractivity contribution in [3.8, 4) is 5.75 Å². The molecule has 116 valence electrons. The molecule has 0 aromatic heterocycles. The summed E-state index contributed by atoms with van der Waals surface area (Å²) in [5.74, 6) is 0.624. The van der Waals surface area contributed by atoms with Crippen LogP contribution in [-0.2, 0) is 11.2 Å². The monoisotopic (exact) mass is 310 g/mol. The van der Waals surface area contributed by atoms with Gasteiger partial charge in [-0.15, -0.1) is 0 Å². The zero-order valence-electron chi connectivity index (χ0n) is 12.2. The number of halogens is 1. The zero-order valence-corrected chi connectivity index (χ0v) is 13.0. The van der Waals surface area contributed by atoms with E-state index in [0.29, 0.717) is 29.8 Å². The lowest BCUT2D eigenvalue weighted by Gasteiger charge is -2.22. The van der Waals surface area contributed by atoms with Gasteiger partial charge in [-0.1, -0.05) is 30.9 Å². The molecule has 0 saturated heterocycles. The largest absolute Gasteiger partial charge is 0.483 e. The number of carbonyl (C=O) groups excluding carboxylic acids is 1. The molecule has 0 atom stereocenters. The van der Waals surface area contributed by atoms with Crippen LogP contribution in [0.2, 0.25) is 5.02 Å². The fourth-order valence-electron chi connectivity index (χ4n) is 2.70. The summed E-state index contributed by atoms with van der Waals surface area (Å²) < 4.78 is 5.62.